The van der Waals surface area contributed by atoms with Gasteiger partial charge in [0, 0.05) is 13.7 Å². The van der Waals surface area contributed by atoms with Gasteiger partial charge in [0.25, 0.3) is 0 Å². The third-order valence-corrected chi connectivity index (χ3v) is 2.49. The Balaban J connectivity index is 2.64. The molecule has 0 radical (unpaired) electrons. The van der Waals surface area contributed by atoms with Gasteiger partial charge in [-0.1, -0.05) is 0 Å². The van der Waals surface area contributed by atoms with Crippen LogP contribution in [0.15, 0.2) is 12.1 Å². The van der Waals surface area contributed by atoms with E-state index in [1.165, 1.54) is 7.11 Å². The SMILES string of the molecule is COCCCC(N)C(=O)Nc1ccc(F)c(F)c1F. The molecular formula is C12H15F3N2O2. The van der Waals surface area contributed by atoms with Crippen LogP contribution in [0.3, 0.4) is 0 Å². The highest BCUT2D eigenvalue weighted by Crippen LogP contribution is 2.19. The van der Waals surface area contributed by atoms with Crippen molar-refractivity contribution < 1.29 is 22.7 Å². The number of hydrogen-bond acceptors (Lipinski definition) is 3. The van der Waals surface area contributed by atoms with Gasteiger partial charge in [-0.05, 0) is 25.0 Å². The van der Waals surface area contributed by atoms with E-state index >= 15 is 0 Å². The van der Waals surface area contributed by atoms with Gasteiger partial charge in [-0.15, -0.1) is 0 Å². The summed E-state index contributed by atoms with van der Waals surface area (Å²) in [5, 5.41) is 2.12. The van der Waals surface area contributed by atoms with E-state index in [1.54, 1.807) is 0 Å². The van der Waals surface area contributed by atoms with Crippen LogP contribution in [0.25, 0.3) is 0 Å². The molecule has 0 aliphatic rings. The Labute approximate surface area is 108 Å². The van der Waals surface area contributed by atoms with Crippen LogP contribution in [0.4, 0.5) is 18.9 Å². The van der Waals surface area contributed by atoms with Crippen LogP contribution in [-0.2, 0) is 9.53 Å². The van der Waals surface area contributed by atoms with Crippen molar-refractivity contribution in [2.75, 3.05) is 19.0 Å². The van der Waals surface area contributed by atoms with Crippen molar-refractivity contribution in [3.63, 3.8) is 0 Å². The standard InChI is InChI=1S/C12H15F3N2O2/c1-19-6-2-3-8(16)12(18)17-9-5-4-7(13)10(14)11(9)15/h4-5,8H,2-3,6,16H2,1H3,(H,17,18). The van der Waals surface area contributed by atoms with Crippen molar-refractivity contribution in [1.29, 1.82) is 0 Å². The molecule has 0 heterocycles. The topological polar surface area (TPSA) is 64.3 Å². The first-order chi connectivity index (χ1) is 8.97. The minimum absolute atomic E-state index is 0.338. The van der Waals surface area contributed by atoms with Crippen LogP contribution < -0.4 is 11.1 Å². The molecule has 1 unspecified atom stereocenters. The fourth-order valence-electron chi connectivity index (χ4n) is 1.43. The van der Waals surface area contributed by atoms with Crippen LogP contribution in [-0.4, -0.2) is 25.7 Å². The monoisotopic (exact) mass is 276 g/mol. The Kier molecular flexibility index (Phi) is 5.78. The van der Waals surface area contributed by atoms with Gasteiger partial charge in [-0.25, -0.2) is 13.2 Å². The third kappa shape index (κ3) is 4.22. The zero-order chi connectivity index (χ0) is 14.4. The summed E-state index contributed by atoms with van der Waals surface area (Å²) >= 11 is 0. The second-order valence-corrected chi connectivity index (χ2v) is 3.95. The van der Waals surface area contributed by atoms with Gasteiger partial charge in [0.1, 0.15) is 0 Å². The maximum absolute atomic E-state index is 13.3. The molecule has 3 N–H and O–H groups in total. The molecule has 0 spiro atoms. The summed E-state index contributed by atoms with van der Waals surface area (Å²) in [7, 11) is 1.52. The first kappa shape index (κ1) is 15.5. The van der Waals surface area contributed by atoms with Crippen molar-refractivity contribution in [3.05, 3.63) is 29.6 Å². The molecule has 1 rings (SSSR count). The van der Waals surface area contributed by atoms with Gasteiger partial charge in [-0.3, -0.25) is 4.79 Å². The molecule has 19 heavy (non-hydrogen) atoms. The Morgan fingerprint density at radius 1 is 1.37 bits per heavy atom. The van der Waals surface area contributed by atoms with Crippen molar-refractivity contribution >= 4 is 11.6 Å². The zero-order valence-electron chi connectivity index (χ0n) is 10.4. The van der Waals surface area contributed by atoms with E-state index in [0.717, 1.165) is 12.1 Å². The maximum Gasteiger partial charge on any atom is 0.241 e. The molecule has 0 aliphatic heterocycles. The molecule has 1 atom stereocenters. The molecule has 4 nitrogen and oxygen atoms in total. The average Bonchev–Trinajstić information content (AvgIpc) is 2.39. The normalized spacial score (nSPS) is 12.3. The Morgan fingerprint density at radius 2 is 2.05 bits per heavy atom. The molecule has 1 aromatic carbocycles. The highest BCUT2D eigenvalue weighted by Gasteiger charge is 2.18. The zero-order valence-corrected chi connectivity index (χ0v) is 10.4. The summed E-state index contributed by atoms with van der Waals surface area (Å²) < 4.78 is 43.7. The number of hydrogen-bond donors (Lipinski definition) is 2. The number of methoxy groups -OCH3 is 1. The van der Waals surface area contributed by atoms with Crippen LogP contribution >= 0.6 is 0 Å². The first-order valence-corrected chi connectivity index (χ1v) is 5.66. The number of anilines is 1. The number of carbonyl (C=O) groups is 1. The van der Waals surface area contributed by atoms with Crippen molar-refractivity contribution in [1.82, 2.24) is 0 Å². The van der Waals surface area contributed by atoms with Crippen molar-refractivity contribution in [3.8, 4) is 0 Å². The van der Waals surface area contributed by atoms with Crippen LogP contribution in [0.1, 0.15) is 12.8 Å². The number of halogens is 3. The Bertz CT molecular complexity index is 455. The number of rotatable bonds is 6. The van der Waals surface area contributed by atoms with Gasteiger partial charge in [0.15, 0.2) is 17.5 Å². The lowest BCUT2D eigenvalue weighted by molar-refractivity contribution is -0.117. The minimum Gasteiger partial charge on any atom is -0.385 e. The largest absolute Gasteiger partial charge is 0.385 e. The molecular weight excluding hydrogens is 261 g/mol. The van der Waals surface area contributed by atoms with E-state index in [1.807, 2.05) is 0 Å². The number of nitrogens with one attached hydrogen (secondary N) is 1. The van der Waals surface area contributed by atoms with Crippen LogP contribution in [0.2, 0.25) is 0 Å². The van der Waals surface area contributed by atoms with E-state index < -0.39 is 35.1 Å². The quantitative estimate of drug-likeness (QED) is 0.615. The van der Waals surface area contributed by atoms with E-state index in [2.05, 4.69) is 5.32 Å². The Morgan fingerprint density at radius 3 is 2.68 bits per heavy atom. The summed E-state index contributed by atoms with van der Waals surface area (Å²) in [4.78, 5) is 11.6. The molecule has 0 bridgehead atoms. The lowest BCUT2D eigenvalue weighted by Crippen LogP contribution is -2.36. The lowest BCUT2D eigenvalue weighted by Gasteiger charge is -2.12. The number of ether oxygens (including phenoxy) is 1. The fourth-order valence-corrected chi connectivity index (χ4v) is 1.43. The van der Waals surface area contributed by atoms with Gasteiger partial charge in [-0.2, -0.15) is 0 Å². The number of nitrogens with two attached hydrogens (primary N) is 1. The van der Waals surface area contributed by atoms with E-state index in [9.17, 15) is 18.0 Å². The van der Waals surface area contributed by atoms with Crippen LogP contribution in [0.5, 0.6) is 0 Å². The lowest BCUT2D eigenvalue weighted by atomic mass is 10.1. The molecule has 1 aromatic rings. The van der Waals surface area contributed by atoms with Gasteiger partial charge in [0.2, 0.25) is 5.91 Å². The third-order valence-electron chi connectivity index (χ3n) is 2.49. The van der Waals surface area contributed by atoms with E-state index in [-0.39, 0.29) is 0 Å². The van der Waals surface area contributed by atoms with Gasteiger partial charge in [0.05, 0.1) is 11.7 Å². The molecule has 0 aromatic heterocycles. The molecule has 1 amide bonds. The number of carbonyl (C=O) groups excluding carboxylic acids is 1. The summed E-state index contributed by atoms with van der Waals surface area (Å²) in [5.74, 6) is -5.07. The number of benzene rings is 1. The van der Waals surface area contributed by atoms with E-state index in [4.69, 9.17) is 10.5 Å². The number of amides is 1. The predicted molar refractivity (Wildman–Crippen MR) is 64.0 cm³/mol. The van der Waals surface area contributed by atoms with E-state index in [0.29, 0.717) is 19.4 Å². The average molecular weight is 276 g/mol. The highest BCUT2D eigenvalue weighted by atomic mass is 19.2. The summed E-state index contributed by atoms with van der Waals surface area (Å²) in [6, 6.07) is 0.792. The fraction of sp³-hybridized carbons (Fsp3) is 0.417. The maximum atomic E-state index is 13.3. The van der Waals surface area contributed by atoms with Gasteiger partial charge >= 0.3 is 0 Å². The predicted octanol–water partition coefficient (Wildman–Crippen LogP) is 1.80. The molecule has 0 saturated heterocycles. The first-order valence-electron chi connectivity index (χ1n) is 5.66. The summed E-state index contributed by atoms with van der Waals surface area (Å²) in [6.07, 6.45) is 0.899. The van der Waals surface area contributed by atoms with Gasteiger partial charge < -0.3 is 15.8 Å². The second kappa shape index (κ2) is 7.10. The van der Waals surface area contributed by atoms with Crippen molar-refractivity contribution in [2.24, 2.45) is 5.73 Å². The van der Waals surface area contributed by atoms with Crippen molar-refractivity contribution in [2.45, 2.75) is 18.9 Å². The Hall–Kier alpha value is -1.60. The molecule has 0 saturated carbocycles. The minimum atomic E-state index is -1.63. The summed E-state index contributed by atoms with van der Waals surface area (Å²) in [5.41, 5.74) is 5.13. The van der Waals surface area contributed by atoms with Crippen LogP contribution in [0, 0.1) is 17.5 Å². The molecule has 0 aliphatic carbocycles. The highest BCUT2D eigenvalue weighted by molar-refractivity contribution is 5.94. The smallest absolute Gasteiger partial charge is 0.241 e. The summed E-state index contributed by atoms with van der Waals surface area (Å²) in [6.45, 7) is 0.445. The second-order valence-electron chi connectivity index (χ2n) is 3.95. The molecule has 106 valence electrons. The molecule has 0 fully saturated rings. The molecule has 7 heteroatoms.